The Morgan fingerprint density at radius 2 is 2.50 bits per heavy atom. The third-order valence-electron chi connectivity index (χ3n) is 1.91. The molecule has 1 aromatic heterocycles. The van der Waals surface area contributed by atoms with Gasteiger partial charge in [0.25, 0.3) is 0 Å². The van der Waals surface area contributed by atoms with Gasteiger partial charge in [-0.2, -0.15) is 0 Å². The van der Waals surface area contributed by atoms with Gasteiger partial charge in [0.05, 0.1) is 12.3 Å². The van der Waals surface area contributed by atoms with Gasteiger partial charge < -0.3 is 14.8 Å². The van der Waals surface area contributed by atoms with E-state index in [-0.39, 0.29) is 18.6 Å². The van der Waals surface area contributed by atoms with Crippen LogP contribution in [-0.4, -0.2) is 17.6 Å². The first kappa shape index (κ1) is 10.8. The van der Waals surface area contributed by atoms with Crippen molar-refractivity contribution < 1.29 is 14.3 Å². The zero-order chi connectivity index (χ0) is 10.4. The molecule has 4 heteroatoms. The average molecular weight is 197 g/mol. The fourth-order valence-electron chi connectivity index (χ4n) is 1.16. The Labute approximate surface area is 82.9 Å². The lowest BCUT2D eigenvalue weighted by Crippen LogP contribution is -2.26. The molecule has 0 aliphatic rings. The van der Waals surface area contributed by atoms with Crippen LogP contribution in [-0.2, 0) is 4.79 Å². The van der Waals surface area contributed by atoms with E-state index in [1.165, 1.54) is 0 Å². The lowest BCUT2D eigenvalue weighted by molar-refractivity contribution is -0.122. The molecule has 0 aliphatic carbocycles. The fourth-order valence-corrected chi connectivity index (χ4v) is 1.16. The summed E-state index contributed by atoms with van der Waals surface area (Å²) in [4.78, 5) is 11.2. The summed E-state index contributed by atoms with van der Waals surface area (Å²) in [6.45, 7) is 1.90. The Bertz CT molecular complexity index is 269. The second-order valence-electron chi connectivity index (χ2n) is 3.13. The van der Waals surface area contributed by atoms with Gasteiger partial charge in [0.2, 0.25) is 5.91 Å². The van der Waals surface area contributed by atoms with E-state index in [1.807, 2.05) is 13.0 Å². The normalized spacial score (nSPS) is 12.4. The van der Waals surface area contributed by atoms with Gasteiger partial charge in [-0.25, -0.2) is 0 Å². The molecule has 0 radical (unpaired) electrons. The van der Waals surface area contributed by atoms with Crippen molar-refractivity contribution in [2.24, 2.45) is 0 Å². The largest absolute Gasteiger partial charge is 0.467 e. The van der Waals surface area contributed by atoms with Gasteiger partial charge in [-0.15, -0.1) is 0 Å². The minimum Gasteiger partial charge on any atom is -0.467 e. The van der Waals surface area contributed by atoms with Crippen LogP contribution in [0.15, 0.2) is 22.8 Å². The minimum atomic E-state index is -0.115. The Balaban J connectivity index is 2.33. The molecule has 1 atom stereocenters. The number of rotatable bonds is 5. The van der Waals surface area contributed by atoms with Crippen LogP contribution in [0.3, 0.4) is 0 Å². The van der Waals surface area contributed by atoms with Gasteiger partial charge in [-0.3, -0.25) is 4.79 Å². The number of nitrogens with one attached hydrogen (secondary N) is 1. The lowest BCUT2D eigenvalue weighted by Gasteiger charge is -2.10. The van der Waals surface area contributed by atoms with E-state index in [1.54, 1.807) is 12.3 Å². The first-order chi connectivity index (χ1) is 6.74. The molecule has 0 bridgehead atoms. The molecule has 78 valence electrons. The zero-order valence-electron chi connectivity index (χ0n) is 8.19. The third kappa shape index (κ3) is 3.22. The zero-order valence-corrected chi connectivity index (χ0v) is 8.19. The summed E-state index contributed by atoms with van der Waals surface area (Å²) in [7, 11) is 0. The van der Waals surface area contributed by atoms with Gasteiger partial charge in [-0.1, -0.05) is 0 Å². The van der Waals surface area contributed by atoms with Crippen LogP contribution in [0.1, 0.15) is 31.6 Å². The molecule has 4 nitrogen and oxygen atoms in total. The van der Waals surface area contributed by atoms with E-state index >= 15 is 0 Å². The number of carbonyl (C=O) groups excluding carboxylic acids is 1. The maximum Gasteiger partial charge on any atom is 0.220 e. The van der Waals surface area contributed by atoms with E-state index in [2.05, 4.69) is 5.32 Å². The van der Waals surface area contributed by atoms with E-state index < -0.39 is 0 Å². The van der Waals surface area contributed by atoms with Crippen LogP contribution in [0, 0.1) is 0 Å². The highest BCUT2D eigenvalue weighted by Crippen LogP contribution is 2.12. The fraction of sp³-hybridized carbons (Fsp3) is 0.500. The number of aliphatic hydroxyl groups is 1. The van der Waals surface area contributed by atoms with Crippen LogP contribution in [0.25, 0.3) is 0 Å². The summed E-state index contributed by atoms with van der Waals surface area (Å²) in [5, 5.41) is 11.3. The third-order valence-corrected chi connectivity index (χ3v) is 1.91. The van der Waals surface area contributed by atoms with Crippen LogP contribution < -0.4 is 5.32 Å². The maximum atomic E-state index is 11.2. The van der Waals surface area contributed by atoms with E-state index in [0.29, 0.717) is 12.8 Å². The maximum absolute atomic E-state index is 11.2. The molecule has 1 aromatic rings. The smallest absolute Gasteiger partial charge is 0.220 e. The number of hydrogen-bond acceptors (Lipinski definition) is 3. The van der Waals surface area contributed by atoms with Crippen molar-refractivity contribution >= 4 is 5.91 Å². The quantitative estimate of drug-likeness (QED) is 0.746. The molecule has 1 amide bonds. The molecule has 1 heterocycles. The SMILES string of the molecule is C[C@H](NC(=O)CCCO)c1ccco1. The molecule has 1 rings (SSSR count). The molecule has 2 N–H and O–H groups in total. The summed E-state index contributed by atoms with van der Waals surface area (Å²) in [5.41, 5.74) is 0. The van der Waals surface area contributed by atoms with Crippen LogP contribution in [0.2, 0.25) is 0 Å². The summed E-state index contributed by atoms with van der Waals surface area (Å²) >= 11 is 0. The molecule has 0 aromatic carbocycles. The van der Waals surface area contributed by atoms with Crippen molar-refractivity contribution in [3.05, 3.63) is 24.2 Å². The number of furan rings is 1. The average Bonchev–Trinajstić information content (AvgIpc) is 2.67. The molecule has 0 fully saturated rings. The predicted molar refractivity (Wildman–Crippen MR) is 51.6 cm³/mol. The Morgan fingerprint density at radius 1 is 1.71 bits per heavy atom. The van der Waals surface area contributed by atoms with Crippen molar-refractivity contribution in [1.29, 1.82) is 0 Å². The number of aliphatic hydroxyl groups excluding tert-OH is 1. The molecule has 0 spiro atoms. The topological polar surface area (TPSA) is 62.5 Å². The summed E-state index contributed by atoms with van der Waals surface area (Å²) < 4.78 is 5.14. The van der Waals surface area contributed by atoms with Crippen molar-refractivity contribution in [3.8, 4) is 0 Å². The standard InChI is InChI=1S/C10H15NO3/c1-8(9-4-3-7-14-9)11-10(13)5-2-6-12/h3-4,7-8,12H,2,5-6H2,1H3,(H,11,13)/t8-/m0/s1. The number of amides is 1. The van der Waals surface area contributed by atoms with Crippen LogP contribution in [0.4, 0.5) is 0 Å². The second kappa shape index (κ2) is 5.44. The minimum absolute atomic E-state index is 0.0442. The van der Waals surface area contributed by atoms with Gasteiger partial charge in [0.15, 0.2) is 0 Å². The van der Waals surface area contributed by atoms with Crippen LogP contribution >= 0.6 is 0 Å². The highest BCUT2D eigenvalue weighted by molar-refractivity contribution is 5.76. The van der Waals surface area contributed by atoms with Crippen molar-refractivity contribution in [2.45, 2.75) is 25.8 Å². The Morgan fingerprint density at radius 3 is 3.07 bits per heavy atom. The highest BCUT2D eigenvalue weighted by atomic mass is 16.3. The first-order valence-electron chi connectivity index (χ1n) is 4.67. The summed E-state index contributed by atoms with van der Waals surface area (Å²) in [6.07, 6.45) is 2.42. The van der Waals surface area contributed by atoms with Gasteiger partial charge in [0.1, 0.15) is 5.76 Å². The highest BCUT2D eigenvalue weighted by Gasteiger charge is 2.10. The van der Waals surface area contributed by atoms with Crippen LogP contribution in [0.5, 0.6) is 0 Å². The summed E-state index contributed by atoms with van der Waals surface area (Å²) in [5.74, 6) is 0.672. The number of carbonyl (C=O) groups is 1. The molecular weight excluding hydrogens is 182 g/mol. The molecule has 0 aliphatic heterocycles. The van der Waals surface area contributed by atoms with Gasteiger partial charge in [0, 0.05) is 13.0 Å². The molecular formula is C10H15NO3. The monoisotopic (exact) mass is 197 g/mol. The van der Waals surface area contributed by atoms with Crippen molar-refractivity contribution in [3.63, 3.8) is 0 Å². The molecule has 14 heavy (non-hydrogen) atoms. The van der Waals surface area contributed by atoms with Crippen molar-refractivity contribution in [2.75, 3.05) is 6.61 Å². The van der Waals surface area contributed by atoms with Crippen molar-refractivity contribution in [1.82, 2.24) is 5.32 Å². The van der Waals surface area contributed by atoms with Gasteiger partial charge in [-0.05, 0) is 25.5 Å². The molecule has 0 saturated heterocycles. The van der Waals surface area contributed by atoms with Gasteiger partial charge >= 0.3 is 0 Å². The van der Waals surface area contributed by atoms with E-state index in [9.17, 15) is 4.79 Å². The second-order valence-corrected chi connectivity index (χ2v) is 3.13. The Hall–Kier alpha value is -1.29. The first-order valence-corrected chi connectivity index (χ1v) is 4.67. The lowest BCUT2D eigenvalue weighted by atomic mass is 10.2. The summed E-state index contributed by atoms with van der Waals surface area (Å²) in [6, 6.07) is 3.49. The van der Waals surface area contributed by atoms with E-state index in [4.69, 9.17) is 9.52 Å². The molecule has 0 saturated carbocycles. The Kier molecular flexibility index (Phi) is 4.19. The predicted octanol–water partition coefficient (Wildman–Crippen LogP) is 1.23. The number of hydrogen-bond donors (Lipinski definition) is 2. The molecule has 0 unspecified atom stereocenters. The van der Waals surface area contributed by atoms with E-state index in [0.717, 1.165) is 5.76 Å².